The van der Waals surface area contributed by atoms with Crippen LogP contribution in [0.3, 0.4) is 0 Å². The lowest BCUT2D eigenvalue weighted by Crippen LogP contribution is -2.37. The first-order chi connectivity index (χ1) is 14.0. The molecule has 1 N–H and O–H groups in total. The number of nitrogens with zero attached hydrogens (tertiary/aromatic N) is 1. The molecule has 164 valence electrons. The first-order valence-corrected chi connectivity index (χ1v) is 10.5. The van der Waals surface area contributed by atoms with Crippen molar-refractivity contribution in [3.8, 4) is 5.75 Å². The van der Waals surface area contributed by atoms with Crippen LogP contribution in [-0.2, 0) is 27.6 Å². The van der Waals surface area contributed by atoms with Gasteiger partial charge in [-0.2, -0.15) is 21.6 Å². The highest BCUT2D eigenvalue weighted by molar-refractivity contribution is 7.86. The minimum absolute atomic E-state index is 0.00958. The zero-order chi connectivity index (χ0) is 22.4. The van der Waals surface area contributed by atoms with Gasteiger partial charge >= 0.3 is 22.3 Å². The molecular weight excluding hydrogens is 425 g/mol. The second-order valence-corrected chi connectivity index (χ2v) is 7.90. The van der Waals surface area contributed by atoms with E-state index in [1.165, 1.54) is 36.3 Å². The summed E-state index contributed by atoms with van der Waals surface area (Å²) in [4.78, 5) is 13.9. The smallest absolute Gasteiger partial charge is 0.383 e. The van der Waals surface area contributed by atoms with E-state index in [0.29, 0.717) is 5.56 Å². The highest BCUT2D eigenvalue weighted by atomic mass is 32.2. The van der Waals surface area contributed by atoms with E-state index >= 15 is 0 Å². The lowest BCUT2D eigenvalue weighted by molar-refractivity contribution is -0.136. The predicted octanol–water partition coefficient (Wildman–Crippen LogP) is 3.72. The Labute approximate surface area is 172 Å². The van der Waals surface area contributed by atoms with Crippen LogP contribution in [0.15, 0.2) is 48.5 Å². The number of alkyl halides is 3. The summed E-state index contributed by atoms with van der Waals surface area (Å²) < 4.78 is 71.9. The third-order valence-electron chi connectivity index (χ3n) is 3.85. The second-order valence-electron chi connectivity index (χ2n) is 6.32. The number of amides is 2. The topological polar surface area (TPSA) is 84.9 Å². The molecular formula is C19H21F3N2O5S. The van der Waals surface area contributed by atoms with Crippen LogP contribution >= 0.6 is 0 Å². The summed E-state index contributed by atoms with van der Waals surface area (Å²) in [7, 11) is -2.31. The molecule has 0 atom stereocenters. The highest BCUT2D eigenvalue weighted by Gasteiger charge is 2.33. The monoisotopic (exact) mass is 446 g/mol. The van der Waals surface area contributed by atoms with Crippen LogP contribution in [0.25, 0.3) is 0 Å². The molecule has 0 saturated heterocycles. The minimum atomic E-state index is -4.63. The van der Waals surface area contributed by atoms with Gasteiger partial charge < -0.3 is 19.1 Å². The van der Waals surface area contributed by atoms with Crippen LogP contribution in [0.2, 0.25) is 0 Å². The lowest BCUT2D eigenvalue weighted by Gasteiger charge is -2.24. The fraction of sp³-hybridized carbons (Fsp3) is 0.316. The molecule has 0 spiro atoms. The van der Waals surface area contributed by atoms with Crippen LogP contribution in [-0.4, -0.2) is 45.9 Å². The average Bonchev–Trinajstić information content (AvgIpc) is 2.63. The molecule has 0 aliphatic carbocycles. The Morgan fingerprint density at radius 3 is 2.47 bits per heavy atom. The third kappa shape index (κ3) is 7.23. The van der Waals surface area contributed by atoms with Gasteiger partial charge in [-0.1, -0.05) is 24.3 Å². The number of urea groups is 1. The van der Waals surface area contributed by atoms with E-state index < -0.39 is 27.9 Å². The lowest BCUT2D eigenvalue weighted by atomic mass is 10.1. The summed E-state index contributed by atoms with van der Waals surface area (Å²) in [6.45, 7) is 0.228. The number of ether oxygens (including phenoxy) is 1. The van der Waals surface area contributed by atoms with Gasteiger partial charge in [0.15, 0.2) is 0 Å². The van der Waals surface area contributed by atoms with E-state index in [9.17, 15) is 26.4 Å². The van der Waals surface area contributed by atoms with Crippen molar-refractivity contribution in [2.75, 3.05) is 31.8 Å². The van der Waals surface area contributed by atoms with Gasteiger partial charge in [-0.3, -0.25) is 0 Å². The number of anilines is 1. The van der Waals surface area contributed by atoms with Gasteiger partial charge in [0.2, 0.25) is 0 Å². The van der Waals surface area contributed by atoms with Crippen LogP contribution < -0.4 is 9.50 Å². The number of hydrogen-bond donors (Lipinski definition) is 1. The molecule has 0 aliphatic heterocycles. The molecule has 0 saturated carbocycles. The maximum Gasteiger partial charge on any atom is 0.418 e. The highest BCUT2D eigenvalue weighted by Crippen LogP contribution is 2.34. The Bertz CT molecular complexity index is 980. The van der Waals surface area contributed by atoms with Crippen molar-refractivity contribution in [2.45, 2.75) is 12.7 Å². The molecule has 0 fully saturated rings. The molecule has 2 aromatic carbocycles. The SMILES string of the molecule is COCCN(Cc1cccc(OS(C)(=O)=O)c1)C(=O)Nc1ccccc1C(F)(F)F. The van der Waals surface area contributed by atoms with Crippen molar-refractivity contribution in [1.82, 2.24) is 4.90 Å². The van der Waals surface area contributed by atoms with E-state index in [1.807, 2.05) is 0 Å². The van der Waals surface area contributed by atoms with E-state index in [4.69, 9.17) is 8.92 Å². The van der Waals surface area contributed by atoms with Crippen molar-refractivity contribution in [3.63, 3.8) is 0 Å². The fourth-order valence-corrected chi connectivity index (χ4v) is 3.03. The van der Waals surface area contributed by atoms with Gasteiger partial charge in [-0.25, -0.2) is 4.79 Å². The van der Waals surface area contributed by atoms with E-state index in [1.54, 1.807) is 12.1 Å². The Morgan fingerprint density at radius 2 is 1.83 bits per heavy atom. The Kier molecular flexibility index (Phi) is 7.68. The van der Waals surface area contributed by atoms with Crippen molar-refractivity contribution in [2.24, 2.45) is 0 Å². The summed E-state index contributed by atoms with van der Waals surface area (Å²) in [5.41, 5.74) is -0.813. The van der Waals surface area contributed by atoms with Gasteiger partial charge in [0, 0.05) is 20.2 Å². The summed E-state index contributed by atoms with van der Waals surface area (Å²) in [6.07, 6.45) is -3.73. The van der Waals surface area contributed by atoms with Crippen molar-refractivity contribution in [1.29, 1.82) is 0 Å². The van der Waals surface area contributed by atoms with Crippen LogP contribution in [0, 0.1) is 0 Å². The number of halogens is 3. The number of carbonyl (C=O) groups excluding carboxylic acids is 1. The Morgan fingerprint density at radius 1 is 1.13 bits per heavy atom. The summed E-state index contributed by atoms with van der Waals surface area (Å²) in [5.74, 6) is 0.0597. The van der Waals surface area contributed by atoms with E-state index in [2.05, 4.69) is 5.32 Å². The first-order valence-electron chi connectivity index (χ1n) is 8.69. The number of methoxy groups -OCH3 is 1. The molecule has 11 heteroatoms. The Hall–Kier alpha value is -2.79. The van der Waals surface area contributed by atoms with E-state index in [0.717, 1.165) is 18.4 Å². The molecule has 0 aromatic heterocycles. The number of rotatable bonds is 8. The van der Waals surface area contributed by atoms with Gasteiger partial charge in [-0.15, -0.1) is 0 Å². The minimum Gasteiger partial charge on any atom is -0.383 e. The molecule has 0 unspecified atom stereocenters. The van der Waals surface area contributed by atoms with Crippen molar-refractivity contribution in [3.05, 3.63) is 59.7 Å². The van der Waals surface area contributed by atoms with Gasteiger partial charge in [0.05, 0.1) is 24.1 Å². The zero-order valence-electron chi connectivity index (χ0n) is 16.3. The molecule has 2 amide bonds. The quantitative estimate of drug-likeness (QED) is 0.625. The predicted molar refractivity (Wildman–Crippen MR) is 105 cm³/mol. The Balaban J connectivity index is 2.22. The normalized spacial score (nSPS) is 11.8. The first kappa shape index (κ1) is 23.5. The number of para-hydroxylation sites is 1. The number of carbonyl (C=O) groups is 1. The molecule has 0 aliphatic rings. The fourth-order valence-electron chi connectivity index (χ4n) is 2.58. The summed E-state index contributed by atoms with van der Waals surface area (Å²) in [5, 5.41) is 2.28. The van der Waals surface area contributed by atoms with Crippen LogP contribution in [0.1, 0.15) is 11.1 Å². The van der Waals surface area contributed by atoms with E-state index in [-0.39, 0.29) is 31.1 Å². The summed E-state index contributed by atoms with van der Waals surface area (Å²) in [6, 6.07) is 9.93. The standard InChI is InChI=1S/C19H21F3N2O5S/c1-28-11-10-24(13-14-6-5-7-15(12-14)29-30(2,26)27)18(25)23-17-9-4-3-8-16(17)19(20,21)22/h3-9,12H,10-11,13H2,1-2H3,(H,23,25). The third-order valence-corrected chi connectivity index (χ3v) is 4.34. The van der Waals surface area contributed by atoms with Gasteiger partial charge in [0.25, 0.3) is 0 Å². The van der Waals surface area contributed by atoms with Gasteiger partial charge in [0.1, 0.15) is 5.75 Å². The van der Waals surface area contributed by atoms with Crippen molar-refractivity contribution >= 4 is 21.8 Å². The maximum absolute atomic E-state index is 13.2. The average molecular weight is 446 g/mol. The number of benzene rings is 2. The van der Waals surface area contributed by atoms with Gasteiger partial charge in [-0.05, 0) is 29.8 Å². The zero-order valence-corrected chi connectivity index (χ0v) is 17.1. The number of hydrogen-bond acceptors (Lipinski definition) is 5. The largest absolute Gasteiger partial charge is 0.418 e. The molecule has 0 radical (unpaired) electrons. The molecule has 0 bridgehead atoms. The number of nitrogens with one attached hydrogen (secondary N) is 1. The molecule has 0 heterocycles. The summed E-state index contributed by atoms with van der Waals surface area (Å²) >= 11 is 0. The second kappa shape index (κ2) is 9.81. The molecule has 7 nitrogen and oxygen atoms in total. The van der Waals surface area contributed by atoms with Crippen LogP contribution in [0.5, 0.6) is 5.75 Å². The van der Waals surface area contributed by atoms with Crippen molar-refractivity contribution < 1.29 is 35.3 Å². The molecule has 2 aromatic rings. The maximum atomic E-state index is 13.2. The molecule has 2 rings (SSSR count). The van der Waals surface area contributed by atoms with Crippen LogP contribution in [0.4, 0.5) is 23.7 Å². The molecule has 30 heavy (non-hydrogen) atoms.